The summed E-state index contributed by atoms with van der Waals surface area (Å²) < 4.78 is 11.2. The maximum atomic E-state index is 11.2. The van der Waals surface area contributed by atoms with Crippen molar-refractivity contribution in [3.63, 3.8) is 0 Å². The lowest BCUT2D eigenvalue weighted by atomic mass is 11.0. The van der Waals surface area contributed by atoms with Crippen LogP contribution >= 0.6 is 0 Å². The highest BCUT2D eigenvalue weighted by molar-refractivity contribution is 6.29. The fourth-order valence-electron chi connectivity index (χ4n) is 0.192. The van der Waals surface area contributed by atoms with Gasteiger partial charge in [-0.05, 0) is 5.54 Å². The van der Waals surface area contributed by atoms with Gasteiger partial charge < -0.3 is 4.11 Å². The van der Waals surface area contributed by atoms with E-state index in [1.807, 2.05) is 0 Å². The normalized spacial score (nSPS) is 23.4. The van der Waals surface area contributed by atoms with Crippen LogP contribution in [-0.4, -0.2) is 9.85 Å². The molecule has 1 rings (SSSR count). The van der Waals surface area contributed by atoms with Crippen molar-refractivity contribution in [3.8, 4) is 0 Å². The largest absolute Gasteiger partial charge is 0.315 e. The van der Waals surface area contributed by atoms with Gasteiger partial charge in [-0.1, -0.05) is 12.8 Å². The van der Waals surface area contributed by atoms with E-state index in [0.717, 1.165) is 12.8 Å². The number of rotatable bonds is 1. The molecule has 0 aromatic rings. The first-order chi connectivity index (χ1) is 2.43. The lowest BCUT2D eigenvalue weighted by molar-refractivity contribution is 0.856. The van der Waals surface area contributed by atoms with E-state index in [9.17, 15) is 4.11 Å². The maximum Gasteiger partial charge on any atom is 0.297 e. The van der Waals surface area contributed by atoms with Crippen molar-refractivity contribution in [1.82, 2.24) is 0 Å². The molecule has 1 fully saturated rings. The minimum atomic E-state index is -0.275. The summed E-state index contributed by atoms with van der Waals surface area (Å²) in [4.78, 5) is 0. The number of halogens is 1. The third-order valence-corrected chi connectivity index (χ3v) is 1.62. The van der Waals surface area contributed by atoms with Gasteiger partial charge >= 0.3 is 0 Å². The number of hydrogen-bond acceptors (Lipinski definition) is 0. The van der Waals surface area contributed by atoms with Gasteiger partial charge in [0.1, 0.15) is 0 Å². The minimum absolute atomic E-state index is 0.275. The summed E-state index contributed by atoms with van der Waals surface area (Å²) in [6.07, 6.45) is 2.30. The Morgan fingerprint density at radius 2 is 2.20 bits per heavy atom. The van der Waals surface area contributed by atoms with E-state index in [1.165, 1.54) is 0 Å². The third kappa shape index (κ3) is 0.722. The second-order valence-corrected chi connectivity index (χ2v) is 2.42. The van der Waals surface area contributed by atoms with E-state index in [4.69, 9.17) is 0 Å². The van der Waals surface area contributed by atoms with E-state index >= 15 is 0 Å². The monoisotopic (exact) mass is 88.0 g/mol. The Bertz CT molecular complexity index is 33.9. The Hall–Kier alpha value is 0.147. The predicted molar refractivity (Wildman–Crippen MR) is 19.8 cm³/mol. The molecule has 0 bridgehead atoms. The second kappa shape index (κ2) is 1.09. The fraction of sp³-hybridized carbons (Fsp3) is 1.00. The molecule has 0 aromatic carbocycles. The van der Waals surface area contributed by atoms with E-state index in [1.54, 1.807) is 0 Å². The SMILES string of the molecule is F[Si]C1CC1. The molecule has 2 radical (unpaired) electrons. The Morgan fingerprint density at radius 1 is 1.60 bits per heavy atom. The van der Waals surface area contributed by atoms with Crippen molar-refractivity contribution < 1.29 is 4.11 Å². The molecule has 0 heterocycles. The molecule has 1 aliphatic carbocycles. The average Bonchev–Trinajstić information content (AvgIpc) is 2.12. The van der Waals surface area contributed by atoms with Gasteiger partial charge in [0.2, 0.25) is 0 Å². The third-order valence-electron chi connectivity index (χ3n) is 0.732. The van der Waals surface area contributed by atoms with Crippen LogP contribution in [0.5, 0.6) is 0 Å². The van der Waals surface area contributed by atoms with Crippen LogP contribution in [0.15, 0.2) is 0 Å². The summed E-state index contributed by atoms with van der Waals surface area (Å²) in [5, 5.41) is 0. The Labute approximate surface area is 33.4 Å². The van der Waals surface area contributed by atoms with Crippen LogP contribution in [0, 0.1) is 0 Å². The molecule has 1 saturated carbocycles. The lowest BCUT2D eigenvalue weighted by Gasteiger charge is -1.64. The topological polar surface area (TPSA) is 0 Å². The second-order valence-electron chi connectivity index (χ2n) is 1.38. The zero-order valence-corrected chi connectivity index (χ0v) is 3.87. The van der Waals surface area contributed by atoms with Crippen molar-refractivity contribution in [2.24, 2.45) is 0 Å². The smallest absolute Gasteiger partial charge is 0.297 e. The zero-order valence-electron chi connectivity index (χ0n) is 2.87. The Morgan fingerprint density at radius 3 is 2.20 bits per heavy atom. The first-order valence-corrected chi connectivity index (χ1v) is 2.75. The van der Waals surface area contributed by atoms with Crippen LogP contribution in [-0.2, 0) is 0 Å². The number of hydrogen-bond donors (Lipinski definition) is 0. The Balaban J connectivity index is 2.00. The molecule has 0 spiro atoms. The molecule has 0 atom stereocenters. The van der Waals surface area contributed by atoms with Crippen molar-refractivity contribution in [1.29, 1.82) is 0 Å². The summed E-state index contributed by atoms with van der Waals surface area (Å²) in [5.74, 6) is 0. The van der Waals surface area contributed by atoms with Gasteiger partial charge in [-0.25, -0.2) is 0 Å². The van der Waals surface area contributed by atoms with Gasteiger partial charge in [0.15, 0.2) is 0 Å². The molecule has 0 nitrogen and oxygen atoms in total. The van der Waals surface area contributed by atoms with Gasteiger partial charge in [0.25, 0.3) is 9.85 Å². The van der Waals surface area contributed by atoms with Gasteiger partial charge in [-0.3, -0.25) is 0 Å². The highest BCUT2D eigenvalue weighted by Gasteiger charge is 2.22. The van der Waals surface area contributed by atoms with Crippen molar-refractivity contribution >= 4 is 9.85 Å². The lowest BCUT2D eigenvalue weighted by Crippen LogP contribution is -1.69. The van der Waals surface area contributed by atoms with Crippen LogP contribution in [0.25, 0.3) is 0 Å². The summed E-state index contributed by atoms with van der Waals surface area (Å²) in [6, 6.07) is 0. The van der Waals surface area contributed by atoms with Crippen LogP contribution in [0.1, 0.15) is 12.8 Å². The molecule has 0 N–H and O–H groups in total. The standard InChI is InChI=1S/C3H5FSi/c4-5-3-1-2-3/h3H,1-2H2. The van der Waals surface area contributed by atoms with Gasteiger partial charge in [0, 0.05) is 0 Å². The molecule has 28 valence electrons. The zero-order chi connectivity index (χ0) is 3.70. The quantitative estimate of drug-likeness (QED) is 0.333. The average molecular weight is 88.2 g/mol. The molecular weight excluding hydrogens is 83.1 g/mol. The van der Waals surface area contributed by atoms with E-state index in [2.05, 4.69) is 0 Å². The Kier molecular flexibility index (Phi) is 0.726. The molecule has 0 aliphatic heterocycles. The van der Waals surface area contributed by atoms with Crippen molar-refractivity contribution in [2.75, 3.05) is 0 Å². The van der Waals surface area contributed by atoms with Crippen molar-refractivity contribution in [2.45, 2.75) is 18.4 Å². The first kappa shape index (κ1) is 3.34. The summed E-state index contributed by atoms with van der Waals surface area (Å²) in [5.41, 5.74) is 0.495. The van der Waals surface area contributed by atoms with Crippen LogP contribution in [0.3, 0.4) is 0 Å². The van der Waals surface area contributed by atoms with Gasteiger partial charge in [0.05, 0.1) is 0 Å². The highest BCUT2D eigenvalue weighted by Crippen LogP contribution is 2.34. The molecule has 2 heteroatoms. The summed E-state index contributed by atoms with van der Waals surface area (Å²) in [7, 11) is -0.275. The van der Waals surface area contributed by atoms with Gasteiger partial charge in [-0.2, -0.15) is 0 Å². The maximum absolute atomic E-state index is 11.2. The van der Waals surface area contributed by atoms with Gasteiger partial charge in [-0.15, -0.1) is 0 Å². The highest BCUT2D eigenvalue weighted by atomic mass is 28.3. The van der Waals surface area contributed by atoms with Crippen LogP contribution in [0.2, 0.25) is 5.54 Å². The van der Waals surface area contributed by atoms with E-state index in [0.29, 0.717) is 5.54 Å². The van der Waals surface area contributed by atoms with E-state index in [-0.39, 0.29) is 9.85 Å². The minimum Gasteiger partial charge on any atom is -0.315 e. The van der Waals surface area contributed by atoms with Crippen LogP contribution in [0.4, 0.5) is 4.11 Å². The molecule has 0 amide bonds. The molecule has 0 saturated heterocycles. The van der Waals surface area contributed by atoms with Crippen molar-refractivity contribution in [3.05, 3.63) is 0 Å². The van der Waals surface area contributed by atoms with E-state index < -0.39 is 0 Å². The molecular formula is C3H5FSi. The molecule has 0 aromatic heterocycles. The van der Waals surface area contributed by atoms with Crippen LogP contribution < -0.4 is 0 Å². The predicted octanol–water partition coefficient (Wildman–Crippen LogP) is 1.16. The summed E-state index contributed by atoms with van der Waals surface area (Å²) in [6.45, 7) is 0. The molecule has 5 heavy (non-hydrogen) atoms. The molecule has 1 aliphatic rings. The first-order valence-electron chi connectivity index (χ1n) is 1.79. The summed E-state index contributed by atoms with van der Waals surface area (Å²) >= 11 is 0. The fourth-order valence-corrected chi connectivity index (χ4v) is 0.577. The molecule has 0 unspecified atom stereocenters.